The van der Waals surface area contributed by atoms with Crippen molar-refractivity contribution < 1.29 is 23.9 Å². The van der Waals surface area contributed by atoms with Crippen molar-refractivity contribution in [3.8, 4) is 11.1 Å². The number of aromatic amines is 1. The van der Waals surface area contributed by atoms with Crippen LogP contribution in [0.5, 0.6) is 0 Å². The van der Waals surface area contributed by atoms with E-state index >= 15 is 0 Å². The highest BCUT2D eigenvalue weighted by molar-refractivity contribution is 6.02. The van der Waals surface area contributed by atoms with Gasteiger partial charge in [-0.05, 0) is 60.5 Å². The molecule has 1 aromatic heterocycles. The van der Waals surface area contributed by atoms with Gasteiger partial charge in [0.25, 0.3) is 5.91 Å². The van der Waals surface area contributed by atoms with Crippen molar-refractivity contribution in [2.45, 2.75) is 13.0 Å². The summed E-state index contributed by atoms with van der Waals surface area (Å²) in [5.74, 6) is -2.67. The standard InChI is InChI=1S/C26H20FN3O5/c1-14(29-25(33)17-4-2-15(3-5-17)16-6-8-18(27)9-7-16)24(32)30-19-10-11-22-20(12-19)23(31)21(13-28-22)26(34)35/h2-14H,1H3,(H,28,31)(H,29,33)(H,30,32)(H,34,35)/t14-/m0/s1. The lowest BCUT2D eigenvalue weighted by atomic mass is 10.0. The Kier molecular flexibility index (Phi) is 6.41. The zero-order chi connectivity index (χ0) is 25.1. The van der Waals surface area contributed by atoms with E-state index in [1.54, 1.807) is 48.5 Å². The zero-order valence-electron chi connectivity index (χ0n) is 18.5. The van der Waals surface area contributed by atoms with Crippen molar-refractivity contribution in [1.82, 2.24) is 10.3 Å². The van der Waals surface area contributed by atoms with Gasteiger partial charge in [0, 0.05) is 28.4 Å². The number of benzene rings is 3. The molecule has 9 heteroatoms. The van der Waals surface area contributed by atoms with Gasteiger partial charge in [-0.25, -0.2) is 9.18 Å². The maximum Gasteiger partial charge on any atom is 0.341 e. The van der Waals surface area contributed by atoms with Gasteiger partial charge in [0.1, 0.15) is 17.4 Å². The average molecular weight is 473 g/mol. The number of carbonyl (C=O) groups excluding carboxylic acids is 2. The minimum Gasteiger partial charge on any atom is -0.477 e. The molecule has 0 aliphatic heterocycles. The third kappa shape index (κ3) is 5.09. The summed E-state index contributed by atoms with van der Waals surface area (Å²) in [4.78, 5) is 51.5. The predicted molar refractivity (Wildman–Crippen MR) is 129 cm³/mol. The Morgan fingerprint density at radius 2 is 1.57 bits per heavy atom. The van der Waals surface area contributed by atoms with Crippen molar-refractivity contribution >= 4 is 34.4 Å². The van der Waals surface area contributed by atoms with Gasteiger partial charge in [-0.2, -0.15) is 0 Å². The Morgan fingerprint density at radius 3 is 2.20 bits per heavy atom. The molecule has 1 atom stereocenters. The summed E-state index contributed by atoms with van der Waals surface area (Å²) >= 11 is 0. The molecule has 0 fully saturated rings. The van der Waals surface area contributed by atoms with E-state index in [0.29, 0.717) is 11.1 Å². The molecule has 0 radical (unpaired) electrons. The second-order valence-electron chi connectivity index (χ2n) is 7.87. The van der Waals surface area contributed by atoms with Gasteiger partial charge in [-0.3, -0.25) is 14.4 Å². The van der Waals surface area contributed by atoms with E-state index in [2.05, 4.69) is 15.6 Å². The van der Waals surface area contributed by atoms with Crippen LogP contribution in [0.2, 0.25) is 0 Å². The predicted octanol–water partition coefficient (Wildman–Crippen LogP) is 3.79. The van der Waals surface area contributed by atoms with Gasteiger partial charge in [0.05, 0.1) is 0 Å². The van der Waals surface area contributed by atoms with Crippen LogP contribution in [0.4, 0.5) is 10.1 Å². The third-order valence-corrected chi connectivity index (χ3v) is 5.44. The Morgan fingerprint density at radius 1 is 0.943 bits per heavy atom. The van der Waals surface area contributed by atoms with E-state index in [4.69, 9.17) is 5.11 Å². The fourth-order valence-corrected chi connectivity index (χ4v) is 3.51. The number of pyridine rings is 1. The van der Waals surface area contributed by atoms with E-state index in [0.717, 1.165) is 17.3 Å². The number of carboxylic acid groups (broad SMARTS) is 1. The second kappa shape index (κ2) is 9.60. The van der Waals surface area contributed by atoms with Crippen molar-refractivity contribution in [3.63, 3.8) is 0 Å². The summed E-state index contributed by atoms with van der Waals surface area (Å²) in [6.45, 7) is 1.51. The molecule has 4 rings (SSSR count). The minimum absolute atomic E-state index is 0.112. The number of H-pyrrole nitrogens is 1. The second-order valence-corrected chi connectivity index (χ2v) is 7.87. The van der Waals surface area contributed by atoms with Crippen LogP contribution in [0.3, 0.4) is 0 Å². The topological polar surface area (TPSA) is 128 Å². The summed E-state index contributed by atoms with van der Waals surface area (Å²) in [7, 11) is 0. The SMILES string of the molecule is C[C@H](NC(=O)c1ccc(-c2ccc(F)cc2)cc1)C(=O)Nc1ccc2[nH]cc(C(=O)O)c(=O)c2c1. The van der Waals surface area contributed by atoms with E-state index in [9.17, 15) is 23.6 Å². The molecule has 4 N–H and O–H groups in total. The molecule has 1 heterocycles. The van der Waals surface area contributed by atoms with Gasteiger partial charge in [-0.1, -0.05) is 24.3 Å². The number of rotatable bonds is 6. The fraction of sp³-hybridized carbons (Fsp3) is 0.0769. The third-order valence-electron chi connectivity index (χ3n) is 5.44. The monoisotopic (exact) mass is 473 g/mol. The van der Waals surface area contributed by atoms with Crippen molar-refractivity contribution in [2.24, 2.45) is 0 Å². The van der Waals surface area contributed by atoms with Crippen molar-refractivity contribution in [2.75, 3.05) is 5.32 Å². The molecule has 3 aromatic carbocycles. The Bertz CT molecular complexity index is 1490. The molecule has 8 nitrogen and oxygen atoms in total. The molecule has 176 valence electrons. The lowest BCUT2D eigenvalue weighted by Gasteiger charge is -2.15. The van der Waals surface area contributed by atoms with Crippen LogP contribution in [-0.4, -0.2) is 33.9 Å². The summed E-state index contributed by atoms with van der Waals surface area (Å²) in [5, 5.41) is 14.5. The molecule has 35 heavy (non-hydrogen) atoms. The Hall–Kier alpha value is -4.79. The maximum absolute atomic E-state index is 13.1. The van der Waals surface area contributed by atoms with Crippen molar-refractivity contribution in [1.29, 1.82) is 0 Å². The zero-order valence-corrected chi connectivity index (χ0v) is 18.5. The van der Waals surface area contributed by atoms with Gasteiger partial charge in [0.2, 0.25) is 11.3 Å². The molecule has 0 spiro atoms. The first-order valence-corrected chi connectivity index (χ1v) is 10.6. The molecule has 0 saturated carbocycles. The summed E-state index contributed by atoms with van der Waals surface area (Å²) < 4.78 is 13.1. The molecule has 0 aliphatic rings. The maximum atomic E-state index is 13.1. The first-order chi connectivity index (χ1) is 16.7. The normalized spacial score (nSPS) is 11.6. The fourth-order valence-electron chi connectivity index (χ4n) is 3.51. The number of hydrogen-bond donors (Lipinski definition) is 4. The molecule has 4 aromatic rings. The number of carboxylic acids is 1. The van der Waals surface area contributed by atoms with E-state index in [1.165, 1.54) is 25.1 Å². The van der Waals surface area contributed by atoms with Crippen LogP contribution >= 0.6 is 0 Å². The highest BCUT2D eigenvalue weighted by Gasteiger charge is 2.18. The first kappa shape index (κ1) is 23.4. The molecule has 0 bridgehead atoms. The molecule has 0 saturated heterocycles. The number of hydrogen-bond acceptors (Lipinski definition) is 4. The van der Waals surface area contributed by atoms with Gasteiger partial charge in [0.15, 0.2) is 0 Å². The van der Waals surface area contributed by atoms with Gasteiger partial charge >= 0.3 is 5.97 Å². The highest BCUT2D eigenvalue weighted by Crippen LogP contribution is 2.20. The van der Waals surface area contributed by atoms with Gasteiger partial charge < -0.3 is 20.7 Å². The van der Waals surface area contributed by atoms with Gasteiger partial charge in [-0.15, -0.1) is 0 Å². The van der Waals surface area contributed by atoms with Crippen LogP contribution in [0.15, 0.2) is 77.7 Å². The Labute approximate surface area is 198 Å². The summed E-state index contributed by atoms with van der Waals surface area (Å²) in [5.41, 5.74) is 1.57. The minimum atomic E-state index is -1.36. The number of fused-ring (bicyclic) bond motifs is 1. The largest absolute Gasteiger partial charge is 0.477 e. The number of carbonyl (C=O) groups is 3. The molecule has 0 unspecified atom stereocenters. The lowest BCUT2D eigenvalue weighted by molar-refractivity contribution is -0.117. The van der Waals surface area contributed by atoms with Crippen LogP contribution < -0.4 is 16.1 Å². The smallest absolute Gasteiger partial charge is 0.341 e. The van der Waals surface area contributed by atoms with Crippen molar-refractivity contribution in [3.05, 3.63) is 100 Å². The lowest BCUT2D eigenvalue weighted by Crippen LogP contribution is -2.41. The van der Waals surface area contributed by atoms with Crippen LogP contribution in [0.1, 0.15) is 27.6 Å². The van der Waals surface area contributed by atoms with Crippen LogP contribution in [0.25, 0.3) is 22.0 Å². The number of amides is 2. The van der Waals surface area contributed by atoms with E-state index in [-0.39, 0.29) is 16.9 Å². The number of anilines is 1. The molecule has 2 amide bonds. The number of aromatic carboxylic acids is 1. The Balaban J connectivity index is 1.43. The number of halogens is 1. The molecule has 0 aliphatic carbocycles. The van der Waals surface area contributed by atoms with E-state index in [1.807, 2.05) is 0 Å². The van der Waals surface area contributed by atoms with Crippen LogP contribution in [0, 0.1) is 5.82 Å². The first-order valence-electron chi connectivity index (χ1n) is 10.6. The van der Waals surface area contributed by atoms with Crippen LogP contribution in [-0.2, 0) is 4.79 Å². The number of aromatic nitrogens is 1. The summed E-state index contributed by atoms with van der Waals surface area (Å²) in [6.07, 6.45) is 1.12. The highest BCUT2D eigenvalue weighted by atomic mass is 19.1. The number of nitrogens with one attached hydrogen (secondary N) is 3. The molecular weight excluding hydrogens is 453 g/mol. The average Bonchev–Trinajstić information content (AvgIpc) is 2.85. The quantitative estimate of drug-likeness (QED) is 0.339. The summed E-state index contributed by atoms with van der Waals surface area (Å²) in [6, 6.07) is 16.2. The molecular formula is C26H20FN3O5. The van der Waals surface area contributed by atoms with E-state index < -0.39 is 34.8 Å².